The molecule has 0 bridgehead atoms. The fourth-order valence-electron chi connectivity index (χ4n) is 1.42. The molecular weight excluding hydrogens is 296 g/mol. The highest BCUT2D eigenvalue weighted by Gasteiger charge is 2.03. The average molecular weight is 309 g/mol. The van der Waals surface area contributed by atoms with Crippen LogP contribution in [-0.4, -0.2) is 21.5 Å². The molecule has 0 atom stereocenters. The van der Waals surface area contributed by atoms with Crippen LogP contribution in [0.4, 0.5) is 11.8 Å². The number of nitrogens with two attached hydrogens (primary N) is 1. The highest BCUT2D eigenvalue weighted by atomic mass is 79.9. The van der Waals surface area contributed by atoms with Crippen LogP contribution in [0.1, 0.15) is 5.69 Å². The van der Waals surface area contributed by atoms with E-state index in [1.807, 2.05) is 18.2 Å². The molecule has 4 N–H and O–H groups in total. The first-order valence-electron chi connectivity index (χ1n) is 5.42. The first-order chi connectivity index (χ1) is 8.79. The van der Waals surface area contributed by atoms with Gasteiger partial charge in [-0.3, -0.25) is 10.4 Å². The van der Waals surface area contributed by atoms with E-state index in [2.05, 4.69) is 41.6 Å². The molecule has 0 radical (unpaired) electrons. The van der Waals surface area contributed by atoms with Gasteiger partial charge in [0.05, 0.1) is 4.47 Å². The lowest BCUT2D eigenvalue weighted by Crippen LogP contribution is -2.13. The van der Waals surface area contributed by atoms with Crippen molar-refractivity contribution in [2.45, 2.75) is 6.42 Å². The zero-order chi connectivity index (χ0) is 12.8. The SMILES string of the molecule is NNc1ncc(Br)c(NCCc2ccccn2)n1. The molecule has 94 valence electrons. The second kappa shape index (κ2) is 6.27. The Morgan fingerprint density at radius 3 is 2.89 bits per heavy atom. The van der Waals surface area contributed by atoms with Gasteiger partial charge in [-0.05, 0) is 28.1 Å². The topological polar surface area (TPSA) is 88.8 Å². The van der Waals surface area contributed by atoms with Gasteiger partial charge in [0.2, 0.25) is 5.95 Å². The van der Waals surface area contributed by atoms with Gasteiger partial charge in [0.25, 0.3) is 0 Å². The molecule has 0 saturated carbocycles. The Morgan fingerprint density at radius 1 is 1.28 bits per heavy atom. The van der Waals surface area contributed by atoms with E-state index in [-0.39, 0.29) is 0 Å². The number of hydrazine groups is 1. The first kappa shape index (κ1) is 12.7. The van der Waals surface area contributed by atoms with E-state index in [0.717, 1.165) is 23.1 Å². The van der Waals surface area contributed by atoms with Crippen LogP contribution >= 0.6 is 15.9 Å². The van der Waals surface area contributed by atoms with Gasteiger partial charge in [0.1, 0.15) is 5.82 Å². The highest BCUT2D eigenvalue weighted by Crippen LogP contribution is 2.19. The molecular formula is C11H13BrN6. The van der Waals surface area contributed by atoms with Crippen molar-refractivity contribution in [3.63, 3.8) is 0 Å². The number of hydrogen-bond acceptors (Lipinski definition) is 6. The first-order valence-corrected chi connectivity index (χ1v) is 6.22. The fourth-order valence-corrected chi connectivity index (χ4v) is 1.75. The molecule has 0 spiro atoms. The Kier molecular flexibility index (Phi) is 4.43. The quantitative estimate of drug-likeness (QED) is 0.574. The van der Waals surface area contributed by atoms with E-state index in [0.29, 0.717) is 11.8 Å². The number of anilines is 2. The molecule has 0 amide bonds. The van der Waals surface area contributed by atoms with E-state index in [1.165, 1.54) is 0 Å². The second-order valence-electron chi connectivity index (χ2n) is 3.53. The van der Waals surface area contributed by atoms with Gasteiger partial charge in [0, 0.05) is 31.1 Å². The molecule has 0 aliphatic carbocycles. The maximum atomic E-state index is 5.26. The molecule has 0 aliphatic heterocycles. The minimum absolute atomic E-state index is 0.374. The van der Waals surface area contributed by atoms with Crippen molar-refractivity contribution in [3.8, 4) is 0 Å². The Balaban J connectivity index is 1.94. The molecule has 0 unspecified atom stereocenters. The van der Waals surface area contributed by atoms with Crippen molar-refractivity contribution in [3.05, 3.63) is 40.8 Å². The van der Waals surface area contributed by atoms with Crippen molar-refractivity contribution in [2.75, 3.05) is 17.3 Å². The van der Waals surface area contributed by atoms with Crippen LogP contribution in [-0.2, 0) is 6.42 Å². The number of nitrogens with one attached hydrogen (secondary N) is 2. The van der Waals surface area contributed by atoms with Gasteiger partial charge in [0.15, 0.2) is 0 Å². The van der Waals surface area contributed by atoms with Gasteiger partial charge in [-0.2, -0.15) is 4.98 Å². The lowest BCUT2D eigenvalue weighted by molar-refractivity contribution is 0.948. The predicted molar refractivity (Wildman–Crippen MR) is 74.0 cm³/mol. The Hall–Kier alpha value is -1.73. The smallest absolute Gasteiger partial charge is 0.239 e. The van der Waals surface area contributed by atoms with Crippen LogP contribution in [0.2, 0.25) is 0 Å². The molecule has 6 nitrogen and oxygen atoms in total. The van der Waals surface area contributed by atoms with Crippen molar-refractivity contribution >= 4 is 27.7 Å². The molecule has 0 saturated heterocycles. The number of hydrogen-bond donors (Lipinski definition) is 3. The third kappa shape index (κ3) is 3.38. The molecule has 2 rings (SSSR count). The maximum absolute atomic E-state index is 5.26. The third-order valence-electron chi connectivity index (χ3n) is 2.27. The molecule has 0 aromatic carbocycles. The Morgan fingerprint density at radius 2 is 2.17 bits per heavy atom. The number of aromatic nitrogens is 3. The molecule has 0 aliphatic rings. The van der Waals surface area contributed by atoms with Crippen LogP contribution in [0, 0.1) is 0 Å². The zero-order valence-corrected chi connectivity index (χ0v) is 11.2. The summed E-state index contributed by atoms with van der Waals surface area (Å²) in [6, 6.07) is 5.86. The van der Waals surface area contributed by atoms with Crippen molar-refractivity contribution < 1.29 is 0 Å². The van der Waals surface area contributed by atoms with Gasteiger partial charge in [-0.15, -0.1) is 0 Å². The van der Waals surface area contributed by atoms with E-state index in [1.54, 1.807) is 12.4 Å². The number of rotatable bonds is 5. The summed E-state index contributed by atoms with van der Waals surface area (Å²) in [5.41, 5.74) is 3.44. The highest BCUT2D eigenvalue weighted by molar-refractivity contribution is 9.10. The third-order valence-corrected chi connectivity index (χ3v) is 2.85. The number of pyridine rings is 1. The lowest BCUT2D eigenvalue weighted by Gasteiger charge is -2.08. The van der Waals surface area contributed by atoms with Crippen LogP contribution in [0.5, 0.6) is 0 Å². The average Bonchev–Trinajstić information content (AvgIpc) is 2.42. The summed E-state index contributed by atoms with van der Waals surface area (Å²) >= 11 is 3.37. The molecule has 0 fully saturated rings. The van der Waals surface area contributed by atoms with Gasteiger partial charge in [-0.1, -0.05) is 6.07 Å². The van der Waals surface area contributed by atoms with Crippen LogP contribution < -0.4 is 16.6 Å². The van der Waals surface area contributed by atoms with E-state index in [4.69, 9.17) is 5.84 Å². The van der Waals surface area contributed by atoms with E-state index >= 15 is 0 Å². The van der Waals surface area contributed by atoms with E-state index in [9.17, 15) is 0 Å². The van der Waals surface area contributed by atoms with E-state index < -0.39 is 0 Å². The molecule has 2 heterocycles. The largest absolute Gasteiger partial charge is 0.369 e. The fraction of sp³-hybridized carbons (Fsp3) is 0.182. The normalized spacial score (nSPS) is 10.1. The second-order valence-corrected chi connectivity index (χ2v) is 4.39. The summed E-state index contributed by atoms with van der Waals surface area (Å²) in [5.74, 6) is 6.34. The summed E-state index contributed by atoms with van der Waals surface area (Å²) in [6.07, 6.45) is 4.25. The number of halogens is 1. The maximum Gasteiger partial charge on any atom is 0.239 e. The summed E-state index contributed by atoms with van der Waals surface area (Å²) in [6.45, 7) is 0.733. The van der Waals surface area contributed by atoms with Gasteiger partial charge < -0.3 is 5.32 Å². The standard InChI is InChI=1S/C11H13BrN6/c12-9-7-16-11(18-13)17-10(9)15-6-4-8-3-1-2-5-14-8/h1-3,5,7H,4,6,13H2,(H2,15,16,17,18). The Bertz CT molecular complexity index is 504. The number of nitrogen functional groups attached to an aromatic ring is 1. The molecule has 18 heavy (non-hydrogen) atoms. The predicted octanol–water partition coefficient (Wildman–Crippen LogP) is 1.57. The Labute approximate surface area is 113 Å². The summed E-state index contributed by atoms with van der Waals surface area (Å²) < 4.78 is 0.794. The summed E-state index contributed by atoms with van der Waals surface area (Å²) in [7, 11) is 0. The lowest BCUT2D eigenvalue weighted by atomic mass is 10.3. The van der Waals surface area contributed by atoms with Crippen molar-refractivity contribution in [2.24, 2.45) is 5.84 Å². The van der Waals surface area contributed by atoms with Crippen molar-refractivity contribution in [1.82, 2.24) is 15.0 Å². The van der Waals surface area contributed by atoms with Crippen LogP contribution in [0.25, 0.3) is 0 Å². The van der Waals surface area contributed by atoms with Crippen molar-refractivity contribution in [1.29, 1.82) is 0 Å². The number of nitrogens with zero attached hydrogens (tertiary/aromatic N) is 3. The molecule has 2 aromatic rings. The monoisotopic (exact) mass is 308 g/mol. The summed E-state index contributed by atoms with van der Waals surface area (Å²) in [5, 5.41) is 3.20. The summed E-state index contributed by atoms with van der Waals surface area (Å²) in [4.78, 5) is 12.4. The van der Waals surface area contributed by atoms with Crippen LogP contribution in [0.3, 0.4) is 0 Å². The zero-order valence-electron chi connectivity index (χ0n) is 9.60. The van der Waals surface area contributed by atoms with Gasteiger partial charge in [-0.25, -0.2) is 10.8 Å². The minimum atomic E-state index is 0.374. The molecule has 7 heteroatoms. The van der Waals surface area contributed by atoms with Crippen LogP contribution in [0.15, 0.2) is 35.1 Å². The minimum Gasteiger partial charge on any atom is -0.369 e. The molecule has 2 aromatic heterocycles. The van der Waals surface area contributed by atoms with Gasteiger partial charge >= 0.3 is 0 Å².